The maximum atomic E-state index is 8.50. The normalized spacial score (nSPS) is 10.8. The highest BCUT2D eigenvalue weighted by atomic mass is 79.9. The lowest BCUT2D eigenvalue weighted by molar-refractivity contribution is 0.286. The summed E-state index contributed by atoms with van der Waals surface area (Å²) in [6.45, 7) is 2.76. The number of ether oxygens (including phenoxy) is 2. The van der Waals surface area contributed by atoms with Crippen molar-refractivity contribution < 1.29 is 14.7 Å². The molecule has 1 aromatic rings. The molecule has 0 saturated carbocycles. The molecule has 5 heteroatoms. The number of hydrogen-bond acceptors (Lipinski definition) is 4. The highest BCUT2D eigenvalue weighted by molar-refractivity contribution is 9.10. The molecule has 1 N–H and O–H groups in total. The van der Waals surface area contributed by atoms with Gasteiger partial charge in [0.25, 0.3) is 0 Å². The maximum Gasteiger partial charge on any atom is 0.175 e. The van der Waals surface area contributed by atoms with Crippen molar-refractivity contribution in [1.82, 2.24) is 0 Å². The molecule has 1 rings (SSSR count). The molecule has 0 heterocycles. The Balaban J connectivity index is 2.95. The molecular formula is C12H16BrNO3. The summed E-state index contributed by atoms with van der Waals surface area (Å²) in [6.07, 6.45) is 3.41. The van der Waals surface area contributed by atoms with Crippen molar-refractivity contribution in [1.29, 1.82) is 0 Å². The molecule has 0 aliphatic carbocycles. The molecule has 0 amide bonds. The van der Waals surface area contributed by atoms with E-state index in [0.717, 1.165) is 22.9 Å². The molecule has 0 atom stereocenters. The van der Waals surface area contributed by atoms with Gasteiger partial charge in [0.15, 0.2) is 11.5 Å². The van der Waals surface area contributed by atoms with Crippen LogP contribution in [0.25, 0.3) is 0 Å². The average Bonchev–Trinajstić information content (AvgIpc) is 2.32. The first kappa shape index (κ1) is 13.8. The van der Waals surface area contributed by atoms with Crippen LogP contribution in [-0.2, 0) is 0 Å². The molecule has 0 fully saturated rings. The summed E-state index contributed by atoms with van der Waals surface area (Å²) < 4.78 is 11.7. The molecule has 0 aliphatic rings. The Bertz CT molecular complexity index is 394. The highest BCUT2D eigenvalue weighted by Crippen LogP contribution is 2.36. The number of oxime groups is 1. The van der Waals surface area contributed by atoms with Crippen LogP contribution < -0.4 is 9.47 Å². The van der Waals surface area contributed by atoms with Gasteiger partial charge >= 0.3 is 0 Å². The van der Waals surface area contributed by atoms with E-state index in [1.54, 1.807) is 13.2 Å². The lowest BCUT2D eigenvalue weighted by Gasteiger charge is -2.13. The van der Waals surface area contributed by atoms with E-state index in [-0.39, 0.29) is 0 Å². The molecule has 0 unspecified atom stereocenters. The Hall–Kier alpha value is -1.23. The van der Waals surface area contributed by atoms with Crippen molar-refractivity contribution in [3.63, 3.8) is 0 Å². The number of halogens is 1. The predicted molar refractivity (Wildman–Crippen MR) is 70.5 cm³/mol. The molecule has 0 saturated heterocycles. The van der Waals surface area contributed by atoms with Crippen LogP contribution in [0.5, 0.6) is 11.5 Å². The summed E-state index contributed by atoms with van der Waals surface area (Å²) in [4.78, 5) is 0. The summed E-state index contributed by atoms with van der Waals surface area (Å²) in [6, 6.07) is 3.56. The van der Waals surface area contributed by atoms with Crippen molar-refractivity contribution in [3.8, 4) is 11.5 Å². The molecule has 0 aliphatic heterocycles. The third-order valence-electron chi connectivity index (χ3n) is 2.20. The fraction of sp³-hybridized carbons (Fsp3) is 0.417. The maximum absolute atomic E-state index is 8.50. The summed E-state index contributed by atoms with van der Waals surface area (Å²) in [5.74, 6) is 1.29. The molecular weight excluding hydrogens is 286 g/mol. The predicted octanol–water partition coefficient (Wildman–Crippen LogP) is 3.44. The molecule has 1 aromatic carbocycles. The second-order valence-corrected chi connectivity index (χ2v) is 4.34. The van der Waals surface area contributed by atoms with E-state index in [2.05, 4.69) is 28.0 Å². The van der Waals surface area contributed by atoms with Gasteiger partial charge in [0.2, 0.25) is 0 Å². The van der Waals surface area contributed by atoms with Gasteiger partial charge in [-0.1, -0.05) is 18.5 Å². The fourth-order valence-electron chi connectivity index (χ4n) is 1.34. The molecule has 4 nitrogen and oxygen atoms in total. The van der Waals surface area contributed by atoms with Gasteiger partial charge in [-0.05, 0) is 34.5 Å². The van der Waals surface area contributed by atoms with Gasteiger partial charge in [0, 0.05) is 5.56 Å². The minimum absolute atomic E-state index is 0.616. The van der Waals surface area contributed by atoms with Crippen LogP contribution in [0.1, 0.15) is 25.3 Å². The number of rotatable bonds is 6. The summed E-state index contributed by atoms with van der Waals surface area (Å²) in [5.41, 5.74) is 0.735. The van der Waals surface area contributed by atoms with Gasteiger partial charge in [0.05, 0.1) is 24.4 Å². The van der Waals surface area contributed by atoms with E-state index in [1.165, 1.54) is 6.21 Å². The molecule has 0 radical (unpaired) electrons. The van der Waals surface area contributed by atoms with Crippen molar-refractivity contribution in [3.05, 3.63) is 22.2 Å². The Morgan fingerprint density at radius 2 is 2.24 bits per heavy atom. The summed E-state index contributed by atoms with van der Waals surface area (Å²) in [7, 11) is 1.58. The largest absolute Gasteiger partial charge is 0.493 e. The Morgan fingerprint density at radius 3 is 2.82 bits per heavy atom. The average molecular weight is 302 g/mol. The Kier molecular flexibility index (Phi) is 5.83. The van der Waals surface area contributed by atoms with E-state index in [1.807, 2.05) is 6.07 Å². The topological polar surface area (TPSA) is 51.0 Å². The quantitative estimate of drug-likeness (QED) is 0.379. The smallest absolute Gasteiger partial charge is 0.175 e. The third kappa shape index (κ3) is 3.93. The van der Waals surface area contributed by atoms with E-state index < -0.39 is 0 Å². The first-order valence-electron chi connectivity index (χ1n) is 5.40. The van der Waals surface area contributed by atoms with Crippen LogP contribution in [0.4, 0.5) is 0 Å². The van der Waals surface area contributed by atoms with Gasteiger partial charge in [-0.2, -0.15) is 0 Å². The van der Waals surface area contributed by atoms with Gasteiger partial charge < -0.3 is 14.7 Å². The first-order valence-corrected chi connectivity index (χ1v) is 6.20. The minimum atomic E-state index is 0.616. The zero-order valence-electron chi connectivity index (χ0n) is 9.94. The standard InChI is InChI=1S/C12H16BrNO3/c1-3-4-5-17-12-10(13)6-9(8-14-15)7-11(12)16-2/h6-8,15H,3-5H2,1-2H3/b14-8+. The number of methoxy groups -OCH3 is 1. The second kappa shape index (κ2) is 7.17. The number of hydrogen-bond donors (Lipinski definition) is 1. The molecule has 94 valence electrons. The van der Waals surface area contributed by atoms with Gasteiger partial charge in [0.1, 0.15) is 0 Å². The number of benzene rings is 1. The van der Waals surface area contributed by atoms with E-state index in [4.69, 9.17) is 14.7 Å². The van der Waals surface area contributed by atoms with Crippen molar-refractivity contribution in [2.45, 2.75) is 19.8 Å². The minimum Gasteiger partial charge on any atom is -0.493 e. The SMILES string of the molecule is CCCCOc1c(Br)cc(/C=N/O)cc1OC. The van der Waals surface area contributed by atoms with Crippen molar-refractivity contribution in [2.75, 3.05) is 13.7 Å². The van der Waals surface area contributed by atoms with Gasteiger partial charge in [-0.3, -0.25) is 0 Å². The lowest BCUT2D eigenvalue weighted by atomic mass is 10.2. The van der Waals surface area contributed by atoms with Crippen LogP contribution in [0.3, 0.4) is 0 Å². The van der Waals surface area contributed by atoms with Crippen molar-refractivity contribution >= 4 is 22.1 Å². The first-order chi connectivity index (χ1) is 8.22. The molecule has 17 heavy (non-hydrogen) atoms. The van der Waals surface area contributed by atoms with E-state index in [9.17, 15) is 0 Å². The summed E-state index contributed by atoms with van der Waals surface area (Å²) >= 11 is 3.41. The second-order valence-electron chi connectivity index (χ2n) is 3.48. The van der Waals surface area contributed by atoms with Crippen molar-refractivity contribution in [2.24, 2.45) is 5.16 Å². The van der Waals surface area contributed by atoms with Gasteiger partial charge in [-0.25, -0.2) is 0 Å². The van der Waals surface area contributed by atoms with Gasteiger partial charge in [-0.15, -0.1) is 0 Å². The number of nitrogens with zero attached hydrogens (tertiary/aromatic N) is 1. The zero-order chi connectivity index (χ0) is 12.7. The lowest BCUT2D eigenvalue weighted by Crippen LogP contribution is -2.00. The van der Waals surface area contributed by atoms with Crippen LogP contribution >= 0.6 is 15.9 Å². The fourth-order valence-corrected chi connectivity index (χ4v) is 1.91. The number of unbranched alkanes of at least 4 members (excludes halogenated alkanes) is 1. The van der Waals surface area contributed by atoms with Crippen LogP contribution in [0.2, 0.25) is 0 Å². The summed E-state index contributed by atoms with van der Waals surface area (Å²) in [5, 5.41) is 11.5. The van der Waals surface area contributed by atoms with E-state index in [0.29, 0.717) is 18.1 Å². The third-order valence-corrected chi connectivity index (χ3v) is 2.79. The van der Waals surface area contributed by atoms with Crippen LogP contribution in [-0.4, -0.2) is 25.1 Å². The van der Waals surface area contributed by atoms with Crippen LogP contribution in [0, 0.1) is 0 Å². The molecule has 0 aromatic heterocycles. The Labute approximate surface area is 109 Å². The van der Waals surface area contributed by atoms with E-state index >= 15 is 0 Å². The zero-order valence-corrected chi connectivity index (χ0v) is 11.5. The Morgan fingerprint density at radius 1 is 1.47 bits per heavy atom. The molecule has 0 spiro atoms. The monoisotopic (exact) mass is 301 g/mol. The highest BCUT2D eigenvalue weighted by Gasteiger charge is 2.10. The van der Waals surface area contributed by atoms with Crippen LogP contribution in [0.15, 0.2) is 21.8 Å². The molecule has 0 bridgehead atoms.